The van der Waals surface area contributed by atoms with E-state index in [1.165, 1.54) is 16.4 Å². The summed E-state index contributed by atoms with van der Waals surface area (Å²) in [6, 6.07) is 7.35. The smallest absolute Gasteiger partial charge is 0.0648 e. The van der Waals surface area contributed by atoms with Gasteiger partial charge in [0.1, 0.15) is 0 Å². The van der Waals surface area contributed by atoms with E-state index >= 15 is 0 Å². The molecule has 0 spiro atoms. The van der Waals surface area contributed by atoms with Gasteiger partial charge in [0, 0.05) is 22.2 Å². The first-order valence-electron chi connectivity index (χ1n) is 5.98. The number of benzene rings is 1. The van der Waals surface area contributed by atoms with E-state index in [0.717, 1.165) is 17.3 Å². The normalized spacial score (nSPS) is 25.9. The maximum atomic E-state index is 6.24. The summed E-state index contributed by atoms with van der Waals surface area (Å²) in [5, 5.41) is 4.39. The monoisotopic (exact) mass is 364 g/mol. The summed E-state index contributed by atoms with van der Waals surface area (Å²) >= 11 is 8.52. The molecule has 1 aliphatic rings. The first kappa shape index (κ1) is 13.4. The van der Waals surface area contributed by atoms with Gasteiger partial charge in [-0.05, 0) is 67.6 Å². The van der Waals surface area contributed by atoms with Crippen molar-refractivity contribution in [3.8, 4) is 0 Å². The molecule has 1 aliphatic heterocycles. The summed E-state index contributed by atoms with van der Waals surface area (Å²) in [5.74, 6) is 0. The zero-order valence-electron chi connectivity index (χ0n) is 10.2. The van der Waals surface area contributed by atoms with Gasteiger partial charge in [-0.15, -0.1) is 0 Å². The van der Waals surface area contributed by atoms with Crippen molar-refractivity contribution in [3.05, 3.63) is 26.8 Å². The van der Waals surface area contributed by atoms with Crippen molar-refractivity contribution in [2.75, 3.05) is 18.9 Å². The molecular weight excluding hydrogens is 347 g/mol. The maximum absolute atomic E-state index is 6.24. The summed E-state index contributed by atoms with van der Waals surface area (Å²) in [6.45, 7) is 3.43. The molecule has 1 aromatic rings. The molecule has 1 aromatic carbocycles. The topological polar surface area (TPSA) is 15.3 Å². The van der Waals surface area contributed by atoms with Crippen LogP contribution in [0.5, 0.6) is 0 Å². The summed E-state index contributed by atoms with van der Waals surface area (Å²) < 4.78 is 1.18. The van der Waals surface area contributed by atoms with E-state index in [2.05, 4.69) is 58.9 Å². The van der Waals surface area contributed by atoms with Crippen molar-refractivity contribution in [1.29, 1.82) is 0 Å². The number of piperidine rings is 1. The minimum absolute atomic E-state index is 0.541. The molecule has 0 aromatic heterocycles. The molecule has 2 atom stereocenters. The SMILES string of the molecule is CC1CC(Nc2ccc(I)cc2Cl)CCN1C. The predicted molar refractivity (Wildman–Crippen MR) is 82.9 cm³/mol. The van der Waals surface area contributed by atoms with Gasteiger partial charge in [0.05, 0.1) is 10.7 Å². The molecule has 0 radical (unpaired) electrons. The van der Waals surface area contributed by atoms with E-state index in [-0.39, 0.29) is 0 Å². The molecule has 1 saturated heterocycles. The third-order valence-corrected chi connectivity index (χ3v) is 4.48. The second-order valence-electron chi connectivity index (χ2n) is 4.82. The molecule has 1 N–H and O–H groups in total. The zero-order valence-corrected chi connectivity index (χ0v) is 13.1. The fourth-order valence-corrected chi connectivity index (χ4v) is 3.16. The lowest BCUT2D eigenvalue weighted by Gasteiger charge is -2.35. The minimum atomic E-state index is 0.541. The number of likely N-dealkylation sites (tertiary alicyclic amines) is 1. The van der Waals surface area contributed by atoms with Gasteiger partial charge in [-0.2, -0.15) is 0 Å². The van der Waals surface area contributed by atoms with E-state index in [1.807, 2.05) is 6.07 Å². The predicted octanol–water partition coefficient (Wildman–Crippen LogP) is 3.84. The third-order valence-electron chi connectivity index (χ3n) is 3.50. The Hall–Kier alpha value is -0.000000000000000132. The molecule has 0 saturated carbocycles. The van der Waals surface area contributed by atoms with Crippen LogP contribution >= 0.6 is 34.2 Å². The molecule has 2 nitrogen and oxygen atoms in total. The lowest BCUT2D eigenvalue weighted by molar-refractivity contribution is 0.190. The Kier molecular flexibility index (Phi) is 4.55. The Morgan fingerprint density at radius 3 is 2.88 bits per heavy atom. The standard InChI is InChI=1S/C13H18ClIN2/c1-9-7-11(5-6-17(9)2)16-13-4-3-10(15)8-12(13)14/h3-4,8-9,11,16H,5-7H2,1-2H3. The second kappa shape index (κ2) is 5.76. The van der Waals surface area contributed by atoms with E-state index < -0.39 is 0 Å². The Balaban J connectivity index is 2.01. The lowest BCUT2D eigenvalue weighted by Crippen LogP contribution is -2.42. The van der Waals surface area contributed by atoms with Crippen LogP contribution in [0.1, 0.15) is 19.8 Å². The maximum Gasteiger partial charge on any atom is 0.0648 e. The molecular formula is C13H18ClIN2. The molecule has 1 heterocycles. The molecule has 1 fully saturated rings. The van der Waals surface area contributed by atoms with Gasteiger partial charge in [0.15, 0.2) is 0 Å². The Morgan fingerprint density at radius 1 is 1.47 bits per heavy atom. The van der Waals surface area contributed by atoms with Crippen LogP contribution in [-0.2, 0) is 0 Å². The Morgan fingerprint density at radius 2 is 2.24 bits per heavy atom. The van der Waals surface area contributed by atoms with Crippen LogP contribution in [0.4, 0.5) is 5.69 Å². The van der Waals surface area contributed by atoms with Crippen LogP contribution in [0.25, 0.3) is 0 Å². The van der Waals surface area contributed by atoms with Crippen LogP contribution in [0, 0.1) is 3.57 Å². The van der Waals surface area contributed by atoms with Gasteiger partial charge >= 0.3 is 0 Å². The Bertz CT molecular complexity index is 397. The number of hydrogen-bond acceptors (Lipinski definition) is 2. The summed E-state index contributed by atoms with van der Waals surface area (Å²) in [5.41, 5.74) is 1.06. The van der Waals surface area contributed by atoms with Gasteiger partial charge in [-0.25, -0.2) is 0 Å². The molecule has 17 heavy (non-hydrogen) atoms. The third kappa shape index (κ3) is 3.48. The van der Waals surface area contributed by atoms with Crippen LogP contribution in [-0.4, -0.2) is 30.6 Å². The first-order chi connectivity index (χ1) is 8.06. The van der Waals surface area contributed by atoms with Crippen LogP contribution in [0.15, 0.2) is 18.2 Å². The van der Waals surface area contributed by atoms with Gasteiger partial charge in [-0.3, -0.25) is 0 Å². The number of rotatable bonds is 2. The van der Waals surface area contributed by atoms with Crippen molar-refractivity contribution in [1.82, 2.24) is 4.90 Å². The van der Waals surface area contributed by atoms with Gasteiger partial charge in [-0.1, -0.05) is 11.6 Å². The molecule has 94 valence electrons. The largest absolute Gasteiger partial charge is 0.381 e. The molecule has 0 aliphatic carbocycles. The van der Waals surface area contributed by atoms with Crippen molar-refractivity contribution in [2.45, 2.75) is 31.8 Å². The van der Waals surface area contributed by atoms with E-state index in [9.17, 15) is 0 Å². The lowest BCUT2D eigenvalue weighted by atomic mass is 9.99. The fraction of sp³-hybridized carbons (Fsp3) is 0.538. The van der Waals surface area contributed by atoms with Crippen molar-refractivity contribution < 1.29 is 0 Å². The number of halogens is 2. The van der Waals surface area contributed by atoms with Gasteiger partial charge in [0.2, 0.25) is 0 Å². The molecule has 4 heteroatoms. The highest BCUT2D eigenvalue weighted by atomic mass is 127. The van der Waals surface area contributed by atoms with E-state index in [0.29, 0.717) is 12.1 Å². The van der Waals surface area contributed by atoms with Crippen molar-refractivity contribution in [2.24, 2.45) is 0 Å². The summed E-state index contributed by atoms with van der Waals surface area (Å²) in [7, 11) is 2.19. The second-order valence-corrected chi connectivity index (χ2v) is 6.47. The number of hydrogen-bond donors (Lipinski definition) is 1. The van der Waals surface area contributed by atoms with Crippen LogP contribution < -0.4 is 5.32 Å². The van der Waals surface area contributed by atoms with E-state index in [4.69, 9.17) is 11.6 Å². The molecule has 0 bridgehead atoms. The number of nitrogens with zero attached hydrogens (tertiary/aromatic N) is 1. The summed E-state index contributed by atoms with van der Waals surface area (Å²) in [4.78, 5) is 2.41. The first-order valence-corrected chi connectivity index (χ1v) is 7.44. The van der Waals surface area contributed by atoms with E-state index in [1.54, 1.807) is 0 Å². The molecule has 2 unspecified atom stereocenters. The number of nitrogens with one attached hydrogen (secondary N) is 1. The average molecular weight is 365 g/mol. The van der Waals surface area contributed by atoms with Crippen LogP contribution in [0.3, 0.4) is 0 Å². The van der Waals surface area contributed by atoms with Gasteiger partial charge < -0.3 is 10.2 Å². The Labute approximate surface area is 122 Å². The highest BCUT2D eigenvalue weighted by molar-refractivity contribution is 14.1. The van der Waals surface area contributed by atoms with Crippen molar-refractivity contribution >= 4 is 39.9 Å². The average Bonchev–Trinajstić information content (AvgIpc) is 2.27. The number of anilines is 1. The molecule has 2 rings (SSSR count). The highest BCUT2D eigenvalue weighted by Crippen LogP contribution is 2.27. The van der Waals surface area contributed by atoms with Gasteiger partial charge in [0.25, 0.3) is 0 Å². The quantitative estimate of drug-likeness (QED) is 0.802. The zero-order chi connectivity index (χ0) is 12.4. The fourth-order valence-electron chi connectivity index (χ4n) is 2.25. The minimum Gasteiger partial charge on any atom is -0.381 e. The highest BCUT2D eigenvalue weighted by Gasteiger charge is 2.22. The van der Waals surface area contributed by atoms with Crippen molar-refractivity contribution in [3.63, 3.8) is 0 Å². The van der Waals surface area contributed by atoms with Crippen LogP contribution in [0.2, 0.25) is 5.02 Å². The summed E-state index contributed by atoms with van der Waals surface area (Å²) in [6.07, 6.45) is 2.36. The molecule has 0 amide bonds.